The van der Waals surface area contributed by atoms with E-state index < -0.39 is 0 Å². The molecule has 0 aromatic carbocycles. The minimum absolute atomic E-state index is 0.0707. The van der Waals surface area contributed by atoms with Gasteiger partial charge < -0.3 is 14.1 Å². The molecule has 1 aliphatic rings. The minimum Gasteiger partial charge on any atom is -0.459 e. The molecular formula is C16H21N3O3. The maximum Gasteiger partial charge on any atom is 0.290 e. The molecule has 2 aromatic heterocycles. The molecule has 3 rings (SSSR count). The average Bonchev–Trinajstić information content (AvgIpc) is 3.09. The van der Waals surface area contributed by atoms with E-state index in [4.69, 9.17) is 9.15 Å². The summed E-state index contributed by atoms with van der Waals surface area (Å²) in [5.74, 6) is 0.571. The number of fused-ring (bicyclic) bond motifs is 1. The molecule has 1 atom stereocenters. The number of ether oxygens (including phenoxy) is 1. The van der Waals surface area contributed by atoms with Gasteiger partial charge in [0.15, 0.2) is 5.76 Å². The van der Waals surface area contributed by atoms with Crippen molar-refractivity contribution in [2.75, 3.05) is 19.8 Å². The van der Waals surface area contributed by atoms with Crippen molar-refractivity contribution in [3.63, 3.8) is 0 Å². The van der Waals surface area contributed by atoms with Gasteiger partial charge in [-0.15, -0.1) is 0 Å². The van der Waals surface area contributed by atoms with Crippen LogP contribution in [0.1, 0.15) is 28.7 Å². The van der Waals surface area contributed by atoms with Gasteiger partial charge in [-0.25, -0.2) is 0 Å². The van der Waals surface area contributed by atoms with Crippen LogP contribution in [0.3, 0.4) is 0 Å². The summed E-state index contributed by atoms with van der Waals surface area (Å²) in [5, 5.41) is 4.35. The van der Waals surface area contributed by atoms with Crippen molar-refractivity contribution in [2.45, 2.75) is 26.9 Å². The molecular weight excluding hydrogens is 282 g/mol. The van der Waals surface area contributed by atoms with Crippen molar-refractivity contribution < 1.29 is 13.9 Å². The smallest absolute Gasteiger partial charge is 0.290 e. The predicted octanol–water partition coefficient (Wildman–Crippen LogP) is 2.09. The third kappa shape index (κ3) is 2.92. The fraction of sp³-hybridized carbons (Fsp3) is 0.500. The fourth-order valence-electron chi connectivity index (χ4n) is 2.81. The Kier molecular flexibility index (Phi) is 4.29. The molecule has 0 bridgehead atoms. The van der Waals surface area contributed by atoms with Crippen LogP contribution in [0.2, 0.25) is 0 Å². The molecule has 3 heterocycles. The summed E-state index contributed by atoms with van der Waals surface area (Å²) in [6, 6.07) is 3.77. The molecule has 2 aromatic rings. The summed E-state index contributed by atoms with van der Waals surface area (Å²) in [6.07, 6.45) is 3.33. The van der Waals surface area contributed by atoms with Crippen molar-refractivity contribution in [3.05, 3.63) is 41.6 Å². The second kappa shape index (κ2) is 6.36. The maximum atomic E-state index is 12.7. The molecule has 0 saturated carbocycles. The van der Waals surface area contributed by atoms with Crippen LogP contribution >= 0.6 is 0 Å². The highest BCUT2D eigenvalue weighted by Gasteiger charge is 2.28. The normalized spacial score (nSPS) is 18.1. The molecule has 0 spiro atoms. The Balaban J connectivity index is 1.83. The van der Waals surface area contributed by atoms with Crippen LogP contribution in [-0.4, -0.2) is 40.3 Å². The zero-order valence-corrected chi connectivity index (χ0v) is 13.0. The molecule has 0 fully saturated rings. The number of furan rings is 1. The van der Waals surface area contributed by atoms with E-state index in [2.05, 4.69) is 5.10 Å². The molecule has 0 unspecified atom stereocenters. The van der Waals surface area contributed by atoms with Crippen LogP contribution in [-0.2, 0) is 17.8 Å². The zero-order valence-electron chi connectivity index (χ0n) is 13.0. The summed E-state index contributed by atoms with van der Waals surface area (Å²) in [7, 11) is 0. The van der Waals surface area contributed by atoms with Gasteiger partial charge in [-0.05, 0) is 26.0 Å². The van der Waals surface area contributed by atoms with Gasteiger partial charge in [0.25, 0.3) is 5.91 Å². The number of nitrogens with zero attached hydrogens (tertiary/aromatic N) is 3. The Bertz CT molecular complexity index is 647. The van der Waals surface area contributed by atoms with Crippen molar-refractivity contribution in [3.8, 4) is 0 Å². The summed E-state index contributed by atoms with van der Waals surface area (Å²) in [6.45, 7) is 7.11. The summed E-state index contributed by atoms with van der Waals surface area (Å²) in [4.78, 5) is 14.6. The monoisotopic (exact) mass is 303 g/mol. The molecule has 0 radical (unpaired) electrons. The lowest BCUT2D eigenvalue weighted by molar-refractivity contribution is 0.0590. The van der Waals surface area contributed by atoms with E-state index in [-0.39, 0.29) is 11.8 Å². The zero-order chi connectivity index (χ0) is 15.5. The van der Waals surface area contributed by atoms with E-state index >= 15 is 0 Å². The number of aromatic nitrogens is 2. The first kappa shape index (κ1) is 14.8. The largest absolute Gasteiger partial charge is 0.459 e. The molecule has 6 nitrogen and oxygen atoms in total. The SMILES string of the molecule is CCOC[C@H]1CN(C(=O)c2occc2C)Cc2ccnn2C1. The molecule has 0 aliphatic carbocycles. The Hall–Kier alpha value is -2.08. The fourth-order valence-corrected chi connectivity index (χ4v) is 2.81. The highest BCUT2D eigenvalue weighted by molar-refractivity contribution is 5.92. The van der Waals surface area contributed by atoms with Crippen LogP contribution < -0.4 is 0 Å². The van der Waals surface area contributed by atoms with E-state index in [0.29, 0.717) is 32.1 Å². The first-order valence-electron chi connectivity index (χ1n) is 7.60. The van der Waals surface area contributed by atoms with E-state index in [1.165, 1.54) is 0 Å². The lowest BCUT2D eigenvalue weighted by Crippen LogP contribution is -2.35. The molecule has 22 heavy (non-hydrogen) atoms. The lowest BCUT2D eigenvalue weighted by atomic mass is 10.1. The quantitative estimate of drug-likeness (QED) is 0.868. The van der Waals surface area contributed by atoms with E-state index in [0.717, 1.165) is 17.8 Å². The van der Waals surface area contributed by atoms with Crippen molar-refractivity contribution in [1.82, 2.24) is 14.7 Å². The van der Waals surface area contributed by atoms with Gasteiger partial charge in [-0.2, -0.15) is 5.10 Å². The van der Waals surface area contributed by atoms with Crippen LogP contribution in [0.25, 0.3) is 0 Å². The standard InChI is InChI=1S/C16H21N3O3/c1-3-21-11-13-8-18(10-14-4-6-17-19(14)9-13)16(20)15-12(2)5-7-22-15/h4-7,13H,3,8-11H2,1-2H3/t13-/m0/s1. The van der Waals surface area contributed by atoms with Crippen LogP contribution in [0.5, 0.6) is 0 Å². The lowest BCUT2D eigenvalue weighted by Gasteiger charge is -2.23. The van der Waals surface area contributed by atoms with Crippen molar-refractivity contribution in [2.24, 2.45) is 5.92 Å². The second-order valence-corrected chi connectivity index (χ2v) is 5.65. The second-order valence-electron chi connectivity index (χ2n) is 5.65. The van der Waals surface area contributed by atoms with Crippen LogP contribution in [0, 0.1) is 12.8 Å². The average molecular weight is 303 g/mol. The molecule has 118 valence electrons. The predicted molar refractivity (Wildman–Crippen MR) is 80.4 cm³/mol. The van der Waals surface area contributed by atoms with Gasteiger partial charge >= 0.3 is 0 Å². The van der Waals surface area contributed by atoms with E-state index in [9.17, 15) is 4.79 Å². The summed E-state index contributed by atoms with van der Waals surface area (Å²) >= 11 is 0. The number of rotatable bonds is 4. The number of hydrogen-bond acceptors (Lipinski definition) is 4. The Morgan fingerprint density at radius 1 is 1.45 bits per heavy atom. The topological polar surface area (TPSA) is 60.5 Å². The van der Waals surface area contributed by atoms with Crippen molar-refractivity contribution in [1.29, 1.82) is 0 Å². The van der Waals surface area contributed by atoms with Gasteiger partial charge in [0, 0.05) is 37.4 Å². The summed E-state index contributed by atoms with van der Waals surface area (Å²) in [5.41, 5.74) is 1.90. The molecule has 6 heteroatoms. The maximum absolute atomic E-state index is 12.7. The highest BCUT2D eigenvalue weighted by Crippen LogP contribution is 2.20. The van der Waals surface area contributed by atoms with Gasteiger partial charge in [0.05, 0.1) is 25.1 Å². The van der Waals surface area contributed by atoms with Crippen LogP contribution in [0.15, 0.2) is 29.0 Å². The number of carbonyl (C=O) groups is 1. The molecule has 0 N–H and O–H groups in total. The highest BCUT2D eigenvalue weighted by atomic mass is 16.5. The van der Waals surface area contributed by atoms with E-state index in [1.54, 1.807) is 12.5 Å². The third-order valence-electron chi connectivity index (χ3n) is 3.97. The third-order valence-corrected chi connectivity index (χ3v) is 3.97. The number of hydrogen-bond donors (Lipinski definition) is 0. The van der Waals surface area contributed by atoms with Crippen molar-refractivity contribution >= 4 is 5.91 Å². The van der Waals surface area contributed by atoms with Gasteiger partial charge in [0.1, 0.15) is 0 Å². The van der Waals surface area contributed by atoms with Gasteiger partial charge in [-0.1, -0.05) is 0 Å². The molecule has 1 amide bonds. The number of amides is 1. The minimum atomic E-state index is -0.0707. The Morgan fingerprint density at radius 3 is 3.05 bits per heavy atom. The first-order chi connectivity index (χ1) is 10.7. The van der Waals surface area contributed by atoms with Crippen LogP contribution in [0.4, 0.5) is 0 Å². The Morgan fingerprint density at radius 2 is 2.32 bits per heavy atom. The summed E-state index contributed by atoms with van der Waals surface area (Å²) < 4.78 is 12.9. The molecule has 0 saturated heterocycles. The van der Waals surface area contributed by atoms with Gasteiger partial charge in [-0.3, -0.25) is 9.48 Å². The number of carbonyl (C=O) groups excluding carboxylic acids is 1. The van der Waals surface area contributed by atoms with Gasteiger partial charge in [0.2, 0.25) is 0 Å². The number of aryl methyl sites for hydroxylation is 1. The first-order valence-corrected chi connectivity index (χ1v) is 7.60. The Labute approximate surface area is 129 Å². The molecule has 1 aliphatic heterocycles. The van der Waals surface area contributed by atoms with E-state index in [1.807, 2.05) is 35.6 Å².